The first-order valence-electron chi connectivity index (χ1n) is 22.7. The van der Waals surface area contributed by atoms with Gasteiger partial charge in [0.2, 0.25) is 0 Å². The summed E-state index contributed by atoms with van der Waals surface area (Å²) in [6, 6.07) is 2.38. The van der Waals surface area contributed by atoms with Crippen LogP contribution in [0.25, 0.3) is 0 Å². The number of carbonyl (C=O) groups excluding carboxylic acids is 2. The minimum atomic E-state index is 0.0167. The maximum Gasteiger partial charge on any atom is 0.306 e. The first kappa shape index (κ1) is 49.4. The van der Waals surface area contributed by atoms with Gasteiger partial charge in [0, 0.05) is 19.3 Å². The van der Waals surface area contributed by atoms with E-state index < -0.39 is 0 Å². The van der Waals surface area contributed by atoms with Crippen LogP contribution in [0.15, 0.2) is 0 Å². The second-order valence-electron chi connectivity index (χ2n) is 15.9. The topological polar surface area (TPSA) is 76.4 Å². The van der Waals surface area contributed by atoms with Gasteiger partial charge in [0.1, 0.15) is 0 Å². The minimum Gasteiger partial charge on any atom is -0.466 e. The van der Waals surface area contributed by atoms with Crippen LogP contribution in [0.2, 0.25) is 0 Å². The molecule has 0 saturated heterocycles. The predicted octanol–water partition coefficient (Wildman–Crippen LogP) is 14.8. The molecule has 0 aromatic heterocycles. The highest BCUT2D eigenvalue weighted by atomic mass is 16.5. The third-order valence-electron chi connectivity index (χ3n) is 11.0. The highest BCUT2D eigenvalue weighted by molar-refractivity contribution is 5.70. The van der Waals surface area contributed by atoms with Crippen LogP contribution in [0.1, 0.15) is 246 Å². The summed E-state index contributed by atoms with van der Waals surface area (Å²) >= 11 is 0. The van der Waals surface area contributed by atoms with Crippen molar-refractivity contribution in [3.63, 3.8) is 0 Å². The third-order valence-corrected chi connectivity index (χ3v) is 11.0. The van der Waals surface area contributed by atoms with E-state index in [0.717, 1.165) is 63.7 Å². The van der Waals surface area contributed by atoms with Crippen LogP contribution in [0.4, 0.5) is 0 Å². The molecule has 0 bridgehead atoms. The van der Waals surface area contributed by atoms with Gasteiger partial charge in [0.15, 0.2) is 0 Å². The lowest BCUT2D eigenvalue weighted by Gasteiger charge is -2.15. The summed E-state index contributed by atoms with van der Waals surface area (Å²) in [6.45, 7) is 10.1. The van der Waals surface area contributed by atoms with Crippen molar-refractivity contribution in [3.8, 4) is 6.07 Å². The zero-order valence-electron chi connectivity index (χ0n) is 34.8. The van der Waals surface area contributed by atoms with Gasteiger partial charge in [-0.05, 0) is 62.7 Å². The summed E-state index contributed by atoms with van der Waals surface area (Å²) in [7, 11) is 0. The molecular formula is C46H87NO4. The Morgan fingerprint density at radius 3 is 1.02 bits per heavy atom. The minimum absolute atomic E-state index is 0.0167. The molecule has 0 spiro atoms. The van der Waals surface area contributed by atoms with E-state index in [1.807, 2.05) is 0 Å². The molecule has 0 rings (SSSR count). The van der Waals surface area contributed by atoms with Gasteiger partial charge >= 0.3 is 11.9 Å². The van der Waals surface area contributed by atoms with E-state index in [1.165, 1.54) is 141 Å². The number of unbranched alkanes of at least 4 members (excludes halogenated alkanes) is 18. The molecule has 0 radical (unpaired) electrons. The molecule has 0 atom stereocenters. The molecule has 0 aromatic carbocycles. The average Bonchev–Trinajstić information content (AvgIpc) is 3.13. The van der Waals surface area contributed by atoms with Crippen molar-refractivity contribution in [2.75, 3.05) is 13.2 Å². The fourth-order valence-corrected chi connectivity index (χ4v) is 7.52. The van der Waals surface area contributed by atoms with Crippen molar-refractivity contribution in [3.05, 3.63) is 0 Å². The number of nitrogens with zero attached hydrogens (tertiary/aromatic N) is 1. The summed E-state index contributed by atoms with van der Waals surface area (Å²) in [4.78, 5) is 24.6. The number of ether oxygens (including phenoxy) is 2. The summed E-state index contributed by atoms with van der Waals surface area (Å²) < 4.78 is 11.1. The molecule has 0 aliphatic carbocycles. The van der Waals surface area contributed by atoms with E-state index in [2.05, 4.69) is 33.8 Å². The Hall–Kier alpha value is -1.57. The van der Waals surface area contributed by atoms with Crippen molar-refractivity contribution >= 4 is 11.9 Å². The largest absolute Gasteiger partial charge is 0.466 e. The van der Waals surface area contributed by atoms with Gasteiger partial charge < -0.3 is 9.47 Å². The molecule has 0 aliphatic heterocycles. The Bertz CT molecular complexity index is 721. The zero-order chi connectivity index (χ0) is 37.5. The molecule has 0 saturated carbocycles. The van der Waals surface area contributed by atoms with E-state index >= 15 is 0 Å². The van der Waals surface area contributed by atoms with E-state index in [1.54, 1.807) is 0 Å². The molecule has 51 heavy (non-hydrogen) atoms. The molecular weight excluding hydrogens is 631 g/mol. The number of carbonyl (C=O) groups is 2. The lowest BCUT2D eigenvalue weighted by Crippen LogP contribution is -2.12. The quantitative estimate of drug-likeness (QED) is 0.0466. The monoisotopic (exact) mass is 718 g/mol. The molecule has 0 heterocycles. The summed E-state index contributed by atoms with van der Waals surface area (Å²) in [6.07, 6.45) is 39.7. The molecule has 0 N–H and O–H groups in total. The van der Waals surface area contributed by atoms with Gasteiger partial charge in [-0.15, -0.1) is 0 Å². The van der Waals surface area contributed by atoms with Crippen LogP contribution in [0.5, 0.6) is 0 Å². The van der Waals surface area contributed by atoms with Crippen LogP contribution in [-0.4, -0.2) is 25.2 Å². The van der Waals surface area contributed by atoms with Crippen molar-refractivity contribution in [1.29, 1.82) is 5.26 Å². The summed E-state index contributed by atoms with van der Waals surface area (Å²) in [5.74, 6) is 1.77. The number of hydrogen-bond donors (Lipinski definition) is 0. The SMILES string of the molecule is CCCCC(CCCC)CC(=O)OCCCCCCCCCCC(CCC#N)CCCCCCCCCCOC(=O)CC(CCCC)CCCC. The van der Waals surface area contributed by atoms with Crippen LogP contribution in [-0.2, 0) is 19.1 Å². The van der Waals surface area contributed by atoms with E-state index in [-0.39, 0.29) is 11.9 Å². The fraction of sp³-hybridized carbons (Fsp3) is 0.935. The van der Waals surface area contributed by atoms with Crippen LogP contribution in [0.3, 0.4) is 0 Å². The summed E-state index contributed by atoms with van der Waals surface area (Å²) in [5.41, 5.74) is 0. The average molecular weight is 718 g/mol. The van der Waals surface area contributed by atoms with Gasteiger partial charge in [-0.25, -0.2) is 0 Å². The predicted molar refractivity (Wildman–Crippen MR) is 218 cm³/mol. The smallest absolute Gasteiger partial charge is 0.306 e. The van der Waals surface area contributed by atoms with Crippen LogP contribution < -0.4 is 0 Å². The molecule has 0 fully saturated rings. The van der Waals surface area contributed by atoms with Gasteiger partial charge in [0.05, 0.1) is 19.3 Å². The first-order valence-corrected chi connectivity index (χ1v) is 22.7. The third kappa shape index (κ3) is 35.2. The lowest BCUT2D eigenvalue weighted by atomic mass is 9.90. The lowest BCUT2D eigenvalue weighted by molar-refractivity contribution is -0.146. The van der Waals surface area contributed by atoms with Crippen molar-refractivity contribution < 1.29 is 19.1 Å². The molecule has 5 heteroatoms. The zero-order valence-corrected chi connectivity index (χ0v) is 34.8. The van der Waals surface area contributed by atoms with Crippen LogP contribution in [0, 0.1) is 29.1 Å². The molecule has 0 unspecified atom stereocenters. The Morgan fingerprint density at radius 1 is 0.412 bits per heavy atom. The fourth-order valence-electron chi connectivity index (χ4n) is 7.52. The number of esters is 2. The molecule has 0 aliphatic rings. The van der Waals surface area contributed by atoms with Crippen molar-refractivity contribution in [1.82, 2.24) is 0 Å². The van der Waals surface area contributed by atoms with E-state index in [4.69, 9.17) is 14.7 Å². The van der Waals surface area contributed by atoms with Gasteiger partial charge in [0.25, 0.3) is 0 Å². The van der Waals surface area contributed by atoms with Crippen LogP contribution >= 0.6 is 0 Å². The Morgan fingerprint density at radius 2 is 0.706 bits per heavy atom. The maximum absolute atomic E-state index is 12.3. The normalized spacial score (nSPS) is 11.5. The van der Waals surface area contributed by atoms with Crippen molar-refractivity contribution in [2.45, 2.75) is 246 Å². The van der Waals surface area contributed by atoms with Gasteiger partial charge in [-0.3, -0.25) is 9.59 Å². The second kappa shape index (κ2) is 39.6. The number of hydrogen-bond acceptors (Lipinski definition) is 5. The second-order valence-corrected chi connectivity index (χ2v) is 15.9. The molecule has 300 valence electrons. The molecule has 0 aromatic rings. The van der Waals surface area contributed by atoms with Crippen molar-refractivity contribution in [2.24, 2.45) is 17.8 Å². The maximum atomic E-state index is 12.3. The molecule has 5 nitrogen and oxygen atoms in total. The number of nitriles is 1. The summed E-state index contributed by atoms with van der Waals surface area (Å²) in [5, 5.41) is 9.14. The Kier molecular flexibility index (Phi) is 38.4. The standard InChI is InChI=1S/C46H87NO4/c1-5-9-30-43(31-10-6-2)40-45(48)50-38-27-23-19-15-13-17-21-25-34-42(36-29-37-47)35-26-22-18-14-16-20-24-28-39-51-46(49)41-44(32-11-7-3)33-12-8-4/h42-44H,5-36,38-41H2,1-4H3. The first-order chi connectivity index (χ1) is 25.0. The highest BCUT2D eigenvalue weighted by Gasteiger charge is 2.15. The Balaban J connectivity index is 3.78. The highest BCUT2D eigenvalue weighted by Crippen LogP contribution is 2.24. The number of rotatable bonds is 40. The van der Waals surface area contributed by atoms with E-state index in [9.17, 15) is 9.59 Å². The molecule has 0 amide bonds. The van der Waals surface area contributed by atoms with Gasteiger partial charge in [-0.1, -0.05) is 182 Å². The van der Waals surface area contributed by atoms with Gasteiger partial charge in [-0.2, -0.15) is 5.26 Å². The van der Waals surface area contributed by atoms with E-state index in [0.29, 0.717) is 44.3 Å². The Labute approximate surface area is 318 Å².